The molecule has 0 bridgehead atoms. The van der Waals surface area contributed by atoms with Crippen molar-refractivity contribution in [2.75, 3.05) is 20.1 Å². The van der Waals surface area contributed by atoms with E-state index in [9.17, 15) is 4.79 Å². The number of rotatable bonds is 6. The van der Waals surface area contributed by atoms with Gasteiger partial charge >= 0.3 is 0 Å². The smallest absolute Gasteiger partial charge is 0.238 e. The third kappa shape index (κ3) is 4.74. The molecule has 1 atom stereocenters. The molecule has 1 unspecified atom stereocenters. The number of benzene rings is 3. The molecular formula is C25H25N3OS. The van der Waals surface area contributed by atoms with Gasteiger partial charge in [0.25, 0.3) is 0 Å². The Labute approximate surface area is 182 Å². The summed E-state index contributed by atoms with van der Waals surface area (Å²) in [6.45, 7) is 1.67. The summed E-state index contributed by atoms with van der Waals surface area (Å²) in [6.07, 6.45) is 0. The first-order valence-electron chi connectivity index (χ1n) is 10.1. The molecule has 0 saturated carbocycles. The van der Waals surface area contributed by atoms with Gasteiger partial charge in [-0.25, -0.2) is 0 Å². The molecule has 0 aliphatic carbocycles. The van der Waals surface area contributed by atoms with E-state index in [1.54, 1.807) is 0 Å². The van der Waals surface area contributed by atoms with Crippen LogP contribution in [0.5, 0.6) is 0 Å². The molecular weight excluding hydrogens is 390 g/mol. The lowest BCUT2D eigenvalue weighted by molar-refractivity contribution is -0.121. The molecule has 0 saturated heterocycles. The van der Waals surface area contributed by atoms with Crippen LogP contribution in [0.25, 0.3) is 0 Å². The monoisotopic (exact) mass is 415 g/mol. The molecule has 0 aromatic heterocycles. The zero-order chi connectivity index (χ0) is 20.8. The molecule has 0 spiro atoms. The molecule has 30 heavy (non-hydrogen) atoms. The molecule has 4 rings (SSSR count). The minimum Gasteiger partial charge on any atom is -0.353 e. The van der Waals surface area contributed by atoms with Crippen LogP contribution in [-0.2, 0) is 4.79 Å². The number of hydrogen-bond donors (Lipinski definition) is 1. The summed E-state index contributed by atoms with van der Waals surface area (Å²) in [7, 11) is 2.02. The van der Waals surface area contributed by atoms with E-state index in [0.29, 0.717) is 0 Å². The van der Waals surface area contributed by atoms with E-state index in [1.165, 1.54) is 11.8 Å². The van der Waals surface area contributed by atoms with Crippen molar-refractivity contribution in [3.8, 4) is 0 Å². The van der Waals surface area contributed by atoms with Gasteiger partial charge in [0.15, 0.2) is 5.17 Å². The molecule has 1 aliphatic heterocycles. The Morgan fingerprint density at radius 2 is 1.37 bits per heavy atom. The molecule has 1 aliphatic rings. The summed E-state index contributed by atoms with van der Waals surface area (Å²) >= 11 is 1.52. The van der Waals surface area contributed by atoms with Crippen molar-refractivity contribution in [3.05, 3.63) is 108 Å². The van der Waals surface area contributed by atoms with Crippen LogP contribution >= 0.6 is 11.8 Å². The van der Waals surface area contributed by atoms with E-state index in [4.69, 9.17) is 0 Å². The number of nitrogens with one attached hydrogen (secondary N) is 1. The van der Waals surface area contributed by atoms with Crippen LogP contribution in [0.4, 0.5) is 0 Å². The van der Waals surface area contributed by atoms with E-state index in [-0.39, 0.29) is 17.2 Å². The number of amides is 1. The maximum absolute atomic E-state index is 13.6. The molecule has 0 fully saturated rings. The second-order valence-electron chi connectivity index (χ2n) is 7.26. The Hall–Kier alpha value is -3.05. The standard InChI is InChI=1S/C25H25N3OS/c1-28-18-17-26-25(28)30-23(21-15-9-4-10-16-21)24(29)27-22(19-11-5-2-6-12-19)20-13-7-3-8-14-20/h2-16,22-23H,17-18H2,1H3,(H,27,29). The molecule has 1 N–H and O–H groups in total. The Bertz CT molecular complexity index is 953. The predicted molar refractivity (Wildman–Crippen MR) is 125 cm³/mol. The number of amidine groups is 1. The van der Waals surface area contributed by atoms with Crippen LogP contribution in [0.15, 0.2) is 96.0 Å². The van der Waals surface area contributed by atoms with Crippen LogP contribution in [-0.4, -0.2) is 36.1 Å². The van der Waals surface area contributed by atoms with Gasteiger partial charge in [0.2, 0.25) is 5.91 Å². The molecule has 0 radical (unpaired) electrons. The highest BCUT2D eigenvalue weighted by molar-refractivity contribution is 8.14. The average Bonchev–Trinajstić information content (AvgIpc) is 3.21. The van der Waals surface area contributed by atoms with Gasteiger partial charge in [-0.05, 0) is 16.7 Å². The van der Waals surface area contributed by atoms with Crippen molar-refractivity contribution in [1.29, 1.82) is 0 Å². The van der Waals surface area contributed by atoms with Crippen molar-refractivity contribution in [2.24, 2.45) is 4.99 Å². The lowest BCUT2D eigenvalue weighted by Crippen LogP contribution is -2.34. The zero-order valence-electron chi connectivity index (χ0n) is 16.9. The quantitative estimate of drug-likeness (QED) is 0.636. The number of likely N-dealkylation sites (N-methyl/N-ethyl adjacent to an activating group) is 1. The normalized spacial score (nSPS) is 14.5. The largest absolute Gasteiger partial charge is 0.353 e. The second kappa shape index (κ2) is 9.63. The van der Waals surface area contributed by atoms with Gasteiger partial charge in [0.05, 0.1) is 12.6 Å². The van der Waals surface area contributed by atoms with Gasteiger partial charge in [-0.15, -0.1) is 0 Å². The zero-order valence-corrected chi connectivity index (χ0v) is 17.8. The van der Waals surface area contributed by atoms with Crippen LogP contribution in [0.1, 0.15) is 28.0 Å². The van der Waals surface area contributed by atoms with Crippen molar-refractivity contribution in [3.63, 3.8) is 0 Å². The van der Waals surface area contributed by atoms with Gasteiger partial charge < -0.3 is 10.2 Å². The van der Waals surface area contributed by atoms with Gasteiger partial charge in [0.1, 0.15) is 5.25 Å². The first-order chi connectivity index (χ1) is 14.7. The average molecular weight is 416 g/mol. The highest BCUT2D eigenvalue weighted by Crippen LogP contribution is 2.33. The van der Waals surface area contributed by atoms with E-state index in [2.05, 4.69) is 39.5 Å². The minimum atomic E-state index is -0.375. The summed E-state index contributed by atoms with van der Waals surface area (Å²) in [5, 5.41) is 3.84. The number of hydrogen-bond acceptors (Lipinski definition) is 4. The van der Waals surface area contributed by atoms with E-state index < -0.39 is 0 Å². The Balaban J connectivity index is 1.64. The lowest BCUT2D eigenvalue weighted by atomic mass is 9.98. The van der Waals surface area contributed by atoms with Gasteiger partial charge in [-0.1, -0.05) is 103 Å². The Kier molecular flexibility index (Phi) is 6.50. The summed E-state index contributed by atoms with van der Waals surface area (Å²) in [5.74, 6) is -0.0214. The first-order valence-corrected chi connectivity index (χ1v) is 11.0. The summed E-state index contributed by atoms with van der Waals surface area (Å²) in [4.78, 5) is 20.3. The third-order valence-electron chi connectivity index (χ3n) is 5.13. The van der Waals surface area contributed by atoms with Crippen molar-refractivity contribution in [2.45, 2.75) is 11.3 Å². The number of nitrogens with zero attached hydrogens (tertiary/aromatic N) is 2. The first kappa shape index (κ1) is 20.2. The maximum atomic E-state index is 13.6. The molecule has 3 aromatic carbocycles. The third-order valence-corrected chi connectivity index (χ3v) is 6.50. The fraction of sp³-hybridized carbons (Fsp3) is 0.200. The Morgan fingerprint density at radius 1 is 0.867 bits per heavy atom. The second-order valence-corrected chi connectivity index (χ2v) is 8.33. The summed E-state index contributed by atoms with van der Waals surface area (Å²) in [6, 6.07) is 29.9. The van der Waals surface area contributed by atoms with Crippen LogP contribution in [0, 0.1) is 0 Å². The summed E-state index contributed by atoms with van der Waals surface area (Å²) in [5.41, 5.74) is 3.09. The van der Waals surface area contributed by atoms with Gasteiger partial charge in [0, 0.05) is 13.6 Å². The molecule has 1 heterocycles. The topological polar surface area (TPSA) is 44.7 Å². The Morgan fingerprint density at radius 3 is 1.83 bits per heavy atom. The SMILES string of the molecule is CN1CCN=C1SC(C(=O)NC(c1ccccc1)c1ccccc1)c1ccccc1. The highest BCUT2D eigenvalue weighted by Gasteiger charge is 2.29. The molecule has 1 amide bonds. The van der Waals surface area contributed by atoms with Crippen molar-refractivity contribution < 1.29 is 4.79 Å². The highest BCUT2D eigenvalue weighted by atomic mass is 32.2. The molecule has 152 valence electrons. The van der Waals surface area contributed by atoms with Gasteiger partial charge in [-0.3, -0.25) is 9.79 Å². The molecule has 4 nitrogen and oxygen atoms in total. The van der Waals surface area contributed by atoms with Crippen LogP contribution in [0.3, 0.4) is 0 Å². The maximum Gasteiger partial charge on any atom is 0.238 e. The van der Waals surface area contributed by atoms with Gasteiger partial charge in [-0.2, -0.15) is 0 Å². The molecule has 5 heteroatoms. The van der Waals surface area contributed by atoms with E-state index in [1.807, 2.05) is 73.8 Å². The number of thioether (sulfide) groups is 1. The fourth-order valence-corrected chi connectivity index (χ4v) is 4.63. The molecule has 3 aromatic rings. The van der Waals surface area contributed by atoms with E-state index >= 15 is 0 Å². The van der Waals surface area contributed by atoms with Crippen LogP contribution in [0.2, 0.25) is 0 Å². The number of carbonyl (C=O) groups is 1. The van der Waals surface area contributed by atoms with Crippen molar-refractivity contribution >= 4 is 22.8 Å². The number of aliphatic imine (C=N–C) groups is 1. The van der Waals surface area contributed by atoms with Crippen LogP contribution < -0.4 is 5.32 Å². The van der Waals surface area contributed by atoms with Crippen molar-refractivity contribution in [1.82, 2.24) is 10.2 Å². The number of carbonyl (C=O) groups excluding carboxylic acids is 1. The summed E-state index contributed by atoms with van der Waals surface area (Å²) < 4.78 is 0. The lowest BCUT2D eigenvalue weighted by Gasteiger charge is -2.25. The predicted octanol–water partition coefficient (Wildman–Crippen LogP) is 4.67. The minimum absolute atomic E-state index is 0.0214. The van der Waals surface area contributed by atoms with E-state index in [0.717, 1.165) is 34.9 Å². The fourth-order valence-electron chi connectivity index (χ4n) is 3.51.